The zero-order valence-electron chi connectivity index (χ0n) is 17.6. The molecule has 0 amide bonds. The van der Waals surface area contributed by atoms with Crippen LogP contribution in [-0.2, 0) is 4.79 Å². The van der Waals surface area contributed by atoms with Gasteiger partial charge in [-0.2, -0.15) is 0 Å². The van der Waals surface area contributed by atoms with Gasteiger partial charge in [0, 0.05) is 18.4 Å². The third kappa shape index (κ3) is 2.88. The number of hydrogen-bond acceptors (Lipinski definition) is 5. The molecule has 0 saturated heterocycles. The Hall–Kier alpha value is -3.08. The molecule has 3 aromatic rings. The molecule has 2 N–H and O–H groups in total. The van der Waals surface area contributed by atoms with Crippen molar-refractivity contribution in [2.75, 3.05) is 0 Å². The Morgan fingerprint density at radius 2 is 1.96 bits per heavy atom. The van der Waals surface area contributed by atoms with E-state index in [1.807, 2.05) is 0 Å². The van der Waals surface area contributed by atoms with Crippen LogP contribution in [0, 0.1) is 0 Å². The van der Waals surface area contributed by atoms with Crippen LogP contribution in [0.4, 0.5) is 0 Å². The molecule has 0 radical (unpaired) electrons. The van der Waals surface area contributed by atoms with Crippen molar-refractivity contribution in [1.29, 1.82) is 0 Å². The highest BCUT2D eigenvalue weighted by molar-refractivity contribution is 5.86. The van der Waals surface area contributed by atoms with Crippen LogP contribution in [0.3, 0.4) is 0 Å². The summed E-state index contributed by atoms with van der Waals surface area (Å²) < 4.78 is 44.9. The van der Waals surface area contributed by atoms with Crippen molar-refractivity contribution in [1.82, 2.24) is 0 Å². The van der Waals surface area contributed by atoms with Crippen LogP contribution in [-0.4, -0.2) is 16.0 Å². The minimum Gasteiger partial charge on any atom is -0.508 e. The van der Waals surface area contributed by atoms with E-state index in [4.69, 9.17) is 11.3 Å². The molecule has 0 fully saturated rings. The first-order valence-corrected chi connectivity index (χ1v) is 7.09. The molecule has 3 rings (SSSR count). The van der Waals surface area contributed by atoms with Crippen molar-refractivity contribution in [3.05, 3.63) is 70.0 Å². The van der Waals surface area contributed by atoms with Crippen molar-refractivity contribution < 1.29 is 26.3 Å². The van der Waals surface area contributed by atoms with Crippen molar-refractivity contribution >= 4 is 16.8 Å². The third-order valence-electron chi connectivity index (χ3n) is 3.61. The summed E-state index contributed by atoms with van der Waals surface area (Å²) in [5, 5.41) is 20.4. The van der Waals surface area contributed by atoms with E-state index in [9.17, 15) is 19.8 Å². The maximum absolute atomic E-state index is 12.6. The van der Waals surface area contributed by atoms with Crippen LogP contribution in [0.2, 0.25) is 0 Å². The lowest BCUT2D eigenvalue weighted by Gasteiger charge is -2.17. The van der Waals surface area contributed by atoms with E-state index in [1.54, 1.807) is 0 Å². The monoisotopic (exact) mass is 329 g/mol. The number of Topliss-reactive ketones (excluding diaryl/α,β-unsaturated/α-hetero) is 1. The van der Waals surface area contributed by atoms with Crippen LogP contribution in [0.25, 0.3) is 11.0 Å². The van der Waals surface area contributed by atoms with Crippen molar-refractivity contribution in [2.24, 2.45) is 0 Å². The number of carbonyl (C=O) groups is 1. The Morgan fingerprint density at radius 3 is 2.62 bits per heavy atom. The molecule has 0 bridgehead atoms. The Bertz CT molecular complexity index is 1190. The first-order chi connectivity index (χ1) is 13.5. The molecule has 2 aromatic carbocycles. The Labute approximate surface area is 144 Å². The molecule has 1 heterocycles. The summed E-state index contributed by atoms with van der Waals surface area (Å²) in [6.07, 6.45) is -0.393. The van der Waals surface area contributed by atoms with Crippen LogP contribution in [0.15, 0.2) is 57.6 Å². The molecule has 122 valence electrons. The van der Waals surface area contributed by atoms with Gasteiger partial charge in [0.25, 0.3) is 0 Å². The number of ketones is 1. The van der Waals surface area contributed by atoms with Gasteiger partial charge in [0.1, 0.15) is 22.9 Å². The first-order valence-electron chi connectivity index (χ1n) is 9.59. The highest BCUT2D eigenvalue weighted by Crippen LogP contribution is 2.36. The molecule has 1 atom stereocenters. The number of hydrogen-bond donors (Lipinski definition) is 2. The number of phenols is 1. The van der Waals surface area contributed by atoms with Gasteiger partial charge in [-0.25, -0.2) is 4.79 Å². The van der Waals surface area contributed by atoms with Crippen LogP contribution >= 0.6 is 0 Å². The predicted octanol–water partition coefficient (Wildman–Crippen LogP) is 3.32. The number of benzene rings is 2. The van der Waals surface area contributed by atoms with E-state index in [2.05, 4.69) is 0 Å². The van der Waals surface area contributed by atoms with Gasteiger partial charge in [-0.15, -0.1) is 0 Å². The molecule has 0 spiro atoms. The lowest BCUT2D eigenvalue weighted by Crippen LogP contribution is -2.16. The minimum atomic E-state index is -1.32. The zero-order valence-corrected chi connectivity index (χ0v) is 12.6. The summed E-state index contributed by atoms with van der Waals surface area (Å²) in [6, 6.07) is 0.683. The van der Waals surface area contributed by atoms with Gasteiger partial charge >= 0.3 is 5.63 Å². The van der Waals surface area contributed by atoms with Gasteiger partial charge < -0.3 is 14.6 Å². The maximum atomic E-state index is 12.6. The summed E-state index contributed by atoms with van der Waals surface area (Å²) >= 11 is 0. The van der Waals surface area contributed by atoms with Crippen LogP contribution < -0.4 is 5.63 Å². The summed E-state index contributed by atoms with van der Waals surface area (Å²) in [6.45, 7) is 1.22. The second kappa shape index (κ2) is 6.20. The fraction of sp³-hybridized carbons (Fsp3) is 0.158. The van der Waals surface area contributed by atoms with Crippen molar-refractivity contribution in [3.63, 3.8) is 0 Å². The number of fused-ring (bicyclic) bond motifs is 1. The third-order valence-corrected chi connectivity index (χ3v) is 3.61. The van der Waals surface area contributed by atoms with E-state index >= 15 is 0 Å². The van der Waals surface area contributed by atoms with E-state index in [-0.39, 0.29) is 22.3 Å². The standard InChI is InChI=1S/C19H16O5/c1-11(20)9-15(12-5-3-2-4-6-12)17-18(22)14-8-7-13(21)10-16(14)24-19(17)23/h2-8,10,15,21-22H,9H2,1H3/t15-/m1/s1/i2D,3D,4D,5D,6D. The van der Waals surface area contributed by atoms with Gasteiger partial charge in [0.2, 0.25) is 0 Å². The van der Waals surface area contributed by atoms with Crippen LogP contribution in [0.1, 0.15) is 37.2 Å². The maximum Gasteiger partial charge on any atom is 0.343 e. The highest BCUT2D eigenvalue weighted by Gasteiger charge is 2.25. The average molecular weight is 329 g/mol. The van der Waals surface area contributed by atoms with Gasteiger partial charge in [-0.1, -0.05) is 30.2 Å². The quantitative estimate of drug-likeness (QED) is 0.717. The Morgan fingerprint density at radius 1 is 1.25 bits per heavy atom. The molecule has 5 nitrogen and oxygen atoms in total. The average Bonchev–Trinajstić information content (AvgIpc) is 2.64. The fourth-order valence-corrected chi connectivity index (χ4v) is 2.56. The molecule has 0 aliphatic rings. The smallest absolute Gasteiger partial charge is 0.343 e. The number of aromatic hydroxyl groups is 2. The SMILES string of the molecule is [2H]c1c([2H])c([2H])c([C@@H](CC(C)=O)c2c(O)c3ccc(O)cc3oc2=O)c([2H])c1[2H]. The molecular weight excluding hydrogens is 308 g/mol. The zero-order chi connectivity index (χ0) is 21.6. The van der Waals surface area contributed by atoms with Gasteiger partial charge in [0.05, 0.1) is 17.8 Å². The lowest BCUT2D eigenvalue weighted by atomic mass is 9.87. The molecule has 0 unspecified atom stereocenters. The molecule has 0 saturated carbocycles. The largest absolute Gasteiger partial charge is 0.508 e. The van der Waals surface area contributed by atoms with Gasteiger partial charge in [-0.3, -0.25) is 4.79 Å². The lowest BCUT2D eigenvalue weighted by molar-refractivity contribution is -0.117. The van der Waals surface area contributed by atoms with Gasteiger partial charge in [-0.05, 0) is 24.6 Å². The van der Waals surface area contributed by atoms with Crippen LogP contribution in [0.5, 0.6) is 11.5 Å². The number of rotatable bonds is 4. The molecule has 24 heavy (non-hydrogen) atoms. The fourth-order valence-electron chi connectivity index (χ4n) is 2.56. The number of phenolic OH excluding ortho intramolecular Hbond substituents is 1. The predicted molar refractivity (Wildman–Crippen MR) is 89.4 cm³/mol. The van der Waals surface area contributed by atoms with Gasteiger partial charge in [0.15, 0.2) is 0 Å². The summed E-state index contributed by atoms with van der Waals surface area (Å²) in [7, 11) is 0. The van der Waals surface area contributed by atoms with E-state index < -0.39 is 65.3 Å². The number of carbonyl (C=O) groups excluding carboxylic acids is 1. The summed E-state index contributed by atoms with van der Waals surface area (Å²) in [5.41, 5.74) is -1.82. The molecule has 0 aliphatic heterocycles. The van der Waals surface area contributed by atoms with E-state index in [0.29, 0.717) is 0 Å². The first kappa shape index (κ1) is 10.6. The van der Waals surface area contributed by atoms with E-state index in [0.717, 1.165) is 6.07 Å². The molecule has 1 aromatic heterocycles. The highest BCUT2D eigenvalue weighted by atomic mass is 16.4. The molecule has 5 heteroatoms. The van der Waals surface area contributed by atoms with Crippen molar-refractivity contribution in [2.45, 2.75) is 19.3 Å². The second-order valence-electron chi connectivity index (χ2n) is 5.33. The minimum absolute atomic E-state index is 0.0679. The molecular formula is C19H16O5. The molecule has 0 aliphatic carbocycles. The normalized spacial score (nSPS) is 15.1. The topological polar surface area (TPSA) is 87.7 Å². The van der Waals surface area contributed by atoms with E-state index in [1.165, 1.54) is 19.1 Å². The summed E-state index contributed by atoms with van der Waals surface area (Å²) in [5.74, 6) is -2.49. The Balaban J connectivity index is 2.41. The van der Waals surface area contributed by atoms with Crippen molar-refractivity contribution in [3.8, 4) is 11.5 Å². The Kier molecular flexibility index (Phi) is 2.75. The second-order valence-corrected chi connectivity index (χ2v) is 5.33. The summed E-state index contributed by atoms with van der Waals surface area (Å²) in [4.78, 5) is 24.5.